The molecule has 2 aromatic heterocycles. The maximum absolute atomic E-state index is 12.9. The van der Waals surface area contributed by atoms with E-state index in [0.717, 1.165) is 36.3 Å². The van der Waals surface area contributed by atoms with Gasteiger partial charge in [-0.05, 0) is 32.2 Å². The minimum Gasteiger partial charge on any atom is -0.497 e. The number of hydrogen-bond acceptors (Lipinski definition) is 7. The second-order valence-corrected chi connectivity index (χ2v) is 8.05. The molecule has 3 aromatic rings. The summed E-state index contributed by atoms with van der Waals surface area (Å²) < 4.78 is 10.8. The number of amides is 1. The zero-order valence-electron chi connectivity index (χ0n) is 16.8. The second-order valence-electron chi connectivity index (χ2n) is 6.97. The number of aromatic amines is 1. The van der Waals surface area contributed by atoms with E-state index in [4.69, 9.17) is 9.47 Å². The maximum Gasteiger partial charge on any atom is 0.275 e. The lowest BCUT2D eigenvalue weighted by Gasteiger charge is -2.20. The number of thiazole rings is 1. The standard InChI is InChI=1S/C20H23N5O3S/c1-11-17(13-9-12(27-3)5-6-15(13)28-4)23-24-18(11)19(26)22-20-21-14-7-8-25(2)10-16(14)29-20/h5-6,9H,7-8,10H2,1-4H3,(H,23,24)(H,21,22,26). The molecule has 0 aliphatic carbocycles. The number of rotatable bonds is 5. The molecule has 0 saturated heterocycles. The molecule has 9 heteroatoms. The molecular weight excluding hydrogens is 390 g/mol. The molecule has 2 N–H and O–H groups in total. The first-order chi connectivity index (χ1) is 14.0. The van der Waals surface area contributed by atoms with Gasteiger partial charge in [0.2, 0.25) is 0 Å². The molecule has 8 nitrogen and oxygen atoms in total. The number of carbonyl (C=O) groups excluding carboxylic acids is 1. The summed E-state index contributed by atoms with van der Waals surface area (Å²) in [4.78, 5) is 20.9. The Kier molecular flexibility index (Phi) is 5.25. The highest BCUT2D eigenvalue weighted by Gasteiger charge is 2.23. The number of aromatic nitrogens is 3. The Morgan fingerprint density at radius 1 is 1.31 bits per heavy atom. The monoisotopic (exact) mass is 413 g/mol. The van der Waals surface area contributed by atoms with Crippen molar-refractivity contribution in [3.05, 3.63) is 40.0 Å². The highest BCUT2D eigenvalue weighted by atomic mass is 32.1. The van der Waals surface area contributed by atoms with Crippen molar-refractivity contribution in [1.82, 2.24) is 20.1 Å². The van der Waals surface area contributed by atoms with Crippen LogP contribution in [0.5, 0.6) is 11.5 Å². The Morgan fingerprint density at radius 3 is 2.90 bits per heavy atom. The van der Waals surface area contributed by atoms with Gasteiger partial charge in [-0.3, -0.25) is 15.2 Å². The molecule has 0 fully saturated rings. The van der Waals surface area contributed by atoms with Crippen LogP contribution in [-0.4, -0.2) is 53.8 Å². The van der Waals surface area contributed by atoms with E-state index in [-0.39, 0.29) is 5.91 Å². The normalized spacial score (nSPS) is 13.8. The van der Waals surface area contributed by atoms with Gasteiger partial charge in [0.1, 0.15) is 17.2 Å². The Morgan fingerprint density at radius 2 is 2.14 bits per heavy atom. The topological polar surface area (TPSA) is 92.4 Å². The summed E-state index contributed by atoms with van der Waals surface area (Å²) in [5, 5.41) is 10.7. The molecule has 4 rings (SSSR count). The van der Waals surface area contributed by atoms with Crippen molar-refractivity contribution < 1.29 is 14.3 Å². The van der Waals surface area contributed by atoms with E-state index in [1.54, 1.807) is 14.2 Å². The van der Waals surface area contributed by atoms with Gasteiger partial charge in [-0.2, -0.15) is 5.10 Å². The predicted molar refractivity (Wildman–Crippen MR) is 112 cm³/mol. The van der Waals surface area contributed by atoms with Gasteiger partial charge in [0.15, 0.2) is 5.13 Å². The molecule has 1 amide bonds. The number of methoxy groups -OCH3 is 2. The molecule has 1 aliphatic rings. The quantitative estimate of drug-likeness (QED) is 0.668. The van der Waals surface area contributed by atoms with Crippen LogP contribution in [0.4, 0.5) is 5.13 Å². The summed E-state index contributed by atoms with van der Waals surface area (Å²) in [6, 6.07) is 5.48. The number of fused-ring (bicyclic) bond motifs is 1. The maximum atomic E-state index is 12.9. The fraction of sp³-hybridized carbons (Fsp3) is 0.350. The average molecular weight is 414 g/mol. The van der Waals surface area contributed by atoms with E-state index in [9.17, 15) is 4.79 Å². The first kappa shape index (κ1) is 19.4. The van der Waals surface area contributed by atoms with E-state index in [2.05, 4.69) is 32.4 Å². The van der Waals surface area contributed by atoms with Crippen molar-refractivity contribution >= 4 is 22.4 Å². The smallest absolute Gasteiger partial charge is 0.275 e. The van der Waals surface area contributed by atoms with Crippen LogP contribution in [0.15, 0.2) is 18.2 Å². The number of anilines is 1. The Labute approximate surface area is 172 Å². The summed E-state index contributed by atoms with van der Waals surface area (Å²) >= 11 is 1.53. The first-order valence-corrected chi connectivity index (χ1v) is 10.1. The molecule has 1 aromatic carbocycles. The molecule has 0 saturated carbocycles. The molecule has 0 unspecified atom stereocenters. The number of hydrogen-bond donors (Lipinski definition) is 2. The summed E-state index contributed by atoms with van der Waals surface area (Å²) in [5.74, 6) is 1.08. The van der Waals surface area contributed by atoms with Crippen molar-refractivity contribution in [1.29, 1.82) is 0 Å². The van der Waals surface area contributed by atoms with Gasteiger partial charge in [-0.25, -0.2) is 4.98 Å². The largest absolute Gasteiger partial charge is 0.497 e. The van der Waals surface area contributed by atoms with Crippen LogP contribution in [-0.2, 0) is 13.0 Å². The van der Waals surface area contributed by atoms with E-state index < -0.39 is 0 Å². The molecule has 0 bridgehead atoms. The second kappa shape index (κ2) is 7.84. The molecule has 1 aliphatic heterocycles. The van der Waals surface area contributed by atoms with Gasteiger partial charge in [0.05, 0.1) is 25.6 Å². The van der Waals surface area contributed by atoms with Gasteiger partial charge in [0.25, 0.3) is 5.91 Å². The minimum absolute atomic E-state index is 0.262. The molecule has 0 atom stereocenters. The molecule has 0 radical (unpaired) electrons. The first-order valence-electron chi connectivity index (χ1n) is 9.26. The zero-order valence-corrected chi connectivity index (χ0v) is 17.6. The van der Waals surface area contributed by atoms with Crippen LogP contribution in [0.3, 0.4) is 0 Å². The highest BCUT2D eigenvalue weighted by Crippen LogP contribution is 2.35. The predicted octanol–water partition coefficient (Wildman–Crippen LogP) is 3.10. The third-order valence-electron chi connectivity index (χ3n) is 5.04. The van der Waals surface area contributed by atoms with Crippen LogP contribution in [0.1, 0.15) is 26.6 Å². The number of nitrogens with one attached hydrogen (secondary N) is 2. The zero-order chi connectivity index (χ0) is 20.5. The third-order valence-corrected chi connectivity index (χ3v) is 6.04. The minimum atomic E-state index is -0.262. The lowest BCUT2D eigenvalue weighted by Crippen LogP contribution is -2.25. The lowest BCUT2D eigenvalue weighted by atomic mass is 10.1. The number of carbonyl (C=O) groups is 1. The lowest BCUT2D eigenvalue weighted by molar-refractivity contribution is 0.102. The number of H-pyrrole nitrogens is 1. The van der Waals surface area contributed by atoms with E-state index in [0.29, 0.717) is 28.0 Å². The van der Waals surface area contributed by atoms with Crippen LogP contribution >= 0.6 is 11.3 Å². The van der Waals surface area contributed by atoms with Crippen LogP contribution in [0.2, 0.25) is 0 Å². The number of ether oxygens (including phenoxy) is 2. The van der Waals surface area contributed by atoms with Gasteiger partial charge >= 0.3 is 0 Å². The van der Waals surface area contributed by atoms with Crippen molar-refractivity contribution in [3.8, 4) is 22.8 Å². The fourth-order valence-electron chi connectivity index (χ4n) is 3.42. The highest BCUT2D eigenvalue weighted by molar-refractivity contribution is 7.15. The number of likely N-dealkylation sites (N-methyl/N-ethyl adjacent to an activating group) is 1. The molecule has 152 valence electrons. The van der Waals surface area contributed by atoms with E-state index in [1.807, 2.05) is 25.1 Å². The van der Waals surface area contributed by atoms with Crippen molar-refractivity contribution in [2.45, 2.75) is 19.9 Å². The van der Waals surface area contributed by atoms with Gasteiger partial charge in [-0.15, -0.1) is 11.3 Å². The van der Waals surface area contributed by atoms with Crippen LogP contribution < -0.4 is 14.8 Å². The summed E-state index contributed by atoms with van der Waals surface area (Å²) in [5.41, 5.74) is 3.61. The van der Waals surface area contributed by atoms with Crippen LogP contribution in [0, 0.1) is 6.92 Å². The Bertz CT molecular complexity index is 1060. The average Bonchev–Trinajstić information content (AvgIpc) is 3.29. The number of nitrogens with zero attached hydrogens (tertiary/aromatic N) is 3. The SMILES string of the molecule is COc1ccc(OC)c(-c2n[nH]c(C(=O)Nc3nc4c(s3)CN(C)CC4)c2C)c1. The Balaban J connectivity index is 1.60. The fourth-order valence-corrected chi connectivity index (χ4v) is 4.50. The molecular formula is C20H23N5O3S. The van der Waals surface area contributed by atoms with E-state index in [1.165, 1.54) is 16.2 Å². The Hall–Kier alpha value is -2.91. The summed E-state index contributed by atoms with van der Waals surface area (Å²) in [6.07, 6.45) is 0.904. The van der Waals surface area contributed by atoms with Crippen molar-refractivity contribution in [2.24, 2.45) is 0 Å². The van der Waals surface area contributed by atoms with E-state index >= 15 is 0 Å². The van der Waals surface area contributed by atoms with Gasteiger partial charge < -0.3 is 14.4 Å². The third kappa shape index (κ3) is 3.70. The number of benzene rings is 1. The molecule has 29 heavy (non-hydrogen) atoms. The summed E-state index contributed by atoms with van der Waals surface area (Å²) in [7, 11) is 5.29. The summed E-state index contributed by atoms with van der Waals surface area (Å²) in [6.45, 7) is 3.70. The van der Waals surface area contributed by atoms with Gasteiger partial charge in [-0.1, -0.05) is 0 Å². The molecule has 0 spiro atoms. The van der Waals surface area contributed by atoms with Crippen molar-refractivity contribution in [2.75, 3.05) is 33.1 Å². The molecule has 3 heterocycles. The van der Waals surface area contributed by atoms with Crippen molar-refractivity contribution in [3.63, 3.8) is 0 Å². The van der Waals surface area contributed by atoms with Crippen LogP contribution in [0.25, 0.3) is 11.3 Å². The van der Waals surface area contributed by atoms with Gasteiger partial charge in [0, 0.05) is 35.5 Å².